The molecule has 1 fully saturated rings. The second-order valence-corrected chi connectivity index (χ2v) is 5.63. The van der Waals surface area contributed by atoms with Crippen molar-refractivity contribution in [3.63, 3.8) is 0 Å². The van der Waals surface area contributed by atoms with E-state index >= 15 is 0 Å². The summed E-state index contributed by atoms with van der Waals surface area (Å²) in [5, 5.41) is 21.3. The Balaban J connectivity index is 2.03. The fourth-order valence-corrected chi connectivity index (χ4v) is 2.93. The molecule has 21 heavy (non-hydrogen) atoms. The lowest BCUT2D eigenvalue weighted by Gasteiger charge is -2.35. The van der Waals surface area contributed by atoms with Crippen LogP contribution in [0.2, 0.25) is 5.02 Å². The maximum Gasteiger partial charge on any atom is 0.317 e. The lowest BCUT2D eigenvalue weighted by Crippen LogP contribution is -2.40. The number of nitriles is 1. The van der Waals surface area contributed by atoms with Gasteiger partial charge in [0.25, 0.3) is 0 Å². The van der Waals surface area contributed by atoms with Gasteiger partial charge < -0.3 is 15.3 Å². The van der Waals surface area contributed by atoms with Crippen molar-refractivity contribution in [2.75, 3.05) is 31.1 Å². The molecule has 0 aromatic heterocycles. The zero-order valence-electron chi connectivity index (χ0n) is 11.7. The van der Waals surface area contributed by atoms with Gasteiger partial charge in [0, 0.05) is 19.6 Å². The minimum absolute atomic E-state index is 0.0168. The third kappa shape index (κ3) is 4.10. The first-order chi connectivity index (χ1) is 10.1. The van der Waals surface area contributed by atoms with E-state index in [1.54, 1.807) is 6.07 Å². The number of carboxylic acid groups (broad SMARTS) is 1. The van der Waals surface area contributed by atoms with E-state index in [9.17, 15) is 10.1 Å². The zero-order valence-corrected chi connectivity index (χ0v) is 12.4. The Morgan fingerprint density at radius 3 is 3.10 bits per heavy atom. The molecule has 5 nitrogen and oxygen atoms in total. The number of rotatable bonds is 5. The van der Waals surface area contributed by atoms with Gasteiger partial charge in [-0.15, -0.1) is 0 Å². The summed E-state index contributed by atoms with van der Waals surface area (Å²) < 4.78 is 0. The number of nitrogens with zero attached hydrogens (tertiary/aromatic N) is 2. The number of anilines is 1. The topological polar surface area (TPSA) is 76.4 Å². The minimum Gasteiger partial charge on any atom is -0.480 e. The van der Waals surface area contributed by atoms with Crippen molar-refractivity contribution >= 4 is 23.3 Å². The van der Waals surface area contributed by atoms with Crippen LogP contribution in [0.3, 0.4) is 0 Å². The molecule has 1 heterocycles. The highest BCUT2D eigenvalue weighted by Gasteiger charge is 2.22. The lowest BCUT2D eigenvalue weighted by molar-refractivity contribution is -0.136. The first-order valence-electron chi connectivity index (χ1n) is 6.98. The van der Waals surface area contributed by atoms with Gasteiger partial charge in [0.05, 0.1) is 22.8 Å². The predicted molar refractivity (Wildman–Crippen MR) is 81.6 cm³/mol. The van der Waals surface area contributed by atoms with Gasteiger partial charge in [-0.2, -0.15) is 5.26 Å². The normalized spacial score (nSPS) is 18.3. The molecule has 0 spiro atoms. The van der Waals surface area contributed by atoms with Gasteiger partial charge in [0.15, 0.2) is 0 Å². The summed E-state index contributed by atoms with van der Waals surface area (Å²) in [5.74, 6) is -0.465. The van der Waals surface area contributed by atoms with E-state index in [0.29, 0.717) is 23.0 Å². The fourth-order valence-electron chi connectivity index (χ4n) is 2.72. The molecule has 1 aromatic rings. The molecule has 112 valence electrons. The summed E-state index contributed by atoms with van der Waals surface area (Å²) in [6.45, 7) is 2.36. The second kappa shape index (κ2) is 7.30. The molecule has 2 N–H and O–H groups in total. The lowest BCUT2D eigenvalue weighted by atomic mass is 9.97. The van der Waals surface area contributed by atoms with Gasteiger partial charge in [-0.3, -0.25) is 4.79 Å². The molecular formula is C15H18ClN3O2. The van der Waals surface area contributed by atoms with E-state index in [0.717, 1.165) is 31.6 Å². The first kappa shape index (κ1) is 15.6. The van der Waals surface area contributed by atoms with Crippen LogP contribution in [-0.4, -0.2) is 37.3 Å². The zero-order chi connectivity index (χ0) is 15.2. The van der Waals surface area contributed by atoms with Crippen molar-refractivity contribution in [2.24, 2.45) is 5.92 Å². The summed E-state index contributed by atoms with van der Waals surface area (Å²) in [6, 6.07) is 7.65. The van der Waals surface area contributed by atoms with E-state index in [-0.39, 0.29) is 6.54 Å². The number of halogens is 1. The van der Waals surface area contributed by atoms with E-state index in [1.165, 1.54) is 0 Å². The number of carboxylic acids is 1. The molecule has 0 aliphatic carbocycles. The van der Waals surface area contributed by atoms with Gasteiger partial charge >= 0.3 is 5.97 Å². The molecule has 1 aromatic carbocycles. The first-order valence-corrected chi connectivity index (χ1v) is 7.35. The monoisotopic (exact) mass is 307 g/mol. The molecule has 1 saturated heterocycles. The largest absolute Gasteiger partial charge is 0.480 e. The Labute approximate surface area is 129 Å². The third-order valence-corrected chi connectivity index (χ3v) is 3.99. The Morgan fingerprint density at radius 1 is 1.57 bits per heavy atom. The summed E-state index contributed by atoms with van der Waals surface area (Å²) in [6.07, 6.45) is 2.09. The molecule has 0 saturated carbocycles. The smallest absolute Gasteiger partial charge is 0.317 e. The molecule has 0 amide bonds. The maximum absolute atomic E-state index is 10.5. The van der Waals surface area contributed by atoms with Gasteiger partial charge in [0.2, 0.25) is 0 Å². The van der Waals surface area contributed by atoms with E-state index < -0.39 is 5.97 Å². The molecule has 1 atom stereocenters. The number of benzene rings is 1. The third-order valence-electron chi connectivity index (χ3n) is 3.67. The van der Waals surface area contributed by atoms with Gasteiger partial charge in [-0.05, 0) is 30.9 Å². The predicted octanol–water partition coefficient (Wildman–Crippen LogP) is 2.10. The fraction of sp³-hybridized carbons (Fsp3) is 0.467. The summed E-state index contributed by atoms with van der Waals surface area (Å²) in [5.41, 5.74) is 1.38. The van der Waals surface area contributed by atoms with Gasteiger partial charge in [-0.25, -0.2) is 0 Å². The number of aliphatic carboxylic acids is 1. The minimum atomic E-state index is -0.843. The Bertz CT molecular complexity index is 556. The molecule has 2 rings (SSSR count). The molecule has 0 bridgehead atoms. The number of carbonyl (C=O) groups is 1. The number of hydrogen-bond donors (Lipinski definition) is 2. The summed E-state index contributed by atoms with van der Waals surface area (Å²) >= 11 is 6.08. The van der Waals surface area contributed by atoms with E-state index in [2.05, 4.69) is 16.3 Å². The highest BCUT2D eigenvalue weighted by Crippen LogP contribution is 2.30. The highest BCUT2D eigenvalue weighted by molar-refractivity contribution is 6.32. The molecule has 1 unspecified atom stereocenters. The van der Waals surface area contributed by atoms with Crippen molar-refractivity contribution in [1.82, 2.24) is 5.32 Å². The van der Waals surface area contributed by atoms with Crippen molar-refractivity contribution in [1.29, 1.82) is 5.26 Å². The van der Waals surface area contributed by atoms with Crippen molar-refractivity contribution in [3.05, 3.63) is 28.8 Å². The number of piperidine rings is 1. The quantitative estimate of drug-likeness (QED) is 0.871. The average Bonchev–Trinajstić information content (AvgIpc) is 2.47. The Morgan fingerprint density at radius 2 is 2.38 bits per heavy atom. The number of nitrogens with one attached hydrogen (secondary N) is 1. The Kier molecular flexibility index (Phi) is 5.43. The molecule has 1 aliphatic heterocycles. The van der Waals surface area contributed by atoms with Crippen LogP contribution in [0, 0.1) is 17.2 Å². The van der Waals surface area contributed by atoms with Crippen LogP contribution in [0.25, 0.3) is 0 Å². The van der Waals surface area contributed by atoms with Crippen LogP contribution < -0.4 is 10.2 Å². The van der Waals surface area contributed by atoms with Gasteiger partial charge in [-0.1, -0.05) is 17.7 Å². The molecule has 6 heteroatoms. The van der Waals surface area contributed by atoms with Crippen LogP contribution in [0.15, 0.2) is 18.2 Å². The molecule has 0 radical (unpaired) electrons. The standard InChI is InChI=1S/C15H18ClN3O2/c16-13-4-1-5-14(12(13)7-17)19-6-2-3-11(10-19)8-18-9-15(20)21/h1,4-5,11,18H,2-3,6,8-10H2,(H,20,21). The van der Waals surface area contributed by atoms with Crippen LogP contribution in [-0.2, 0) is 4.79 Å². The number of hydrogen-bond acceptors (Lipinski definition) is 4. The highest BCUT2D eigenvalue weighted by atomic mass is 35.5. The second-order valence-electron chi connectivity index (χ2n) is 5.22. The van der Waals surface area contributed by atoms with Crippen molar-refractivity contribution in [3.8, 4) is 6.07 Å². The molecule has 1 aliphatic rings. The molecular weight excluding hydrogens is 290 g/mol. The van der Waals surface area contributed by atoms with Crippen LogP contribution in [0.5, 0.6) is 0 Å². The summed E-state index contributed by atoms with van der Waals surface area (Å²) in [7, 11) is 0. The van der Waals surface area contributed by atoms with Crippen molar-refractivity contribution < 1.29 is 9.90 Å². The van der Waals surface area contributed by atoms with Crippen LogP contribution >= 0.6 is 11.6 Å². The van der Waals surface area contributed by atoms with Crippen molar-refractivity contribution in [2.45, 2.75) is 12.8 Å². The van der Waals surface area contributed by atoms with Gasteiger partial charge in [0.1, 0.15) is 6.07 Å². The SMILES string of the molecule is N#Cc1c(Cl)cccc1N1CCCC(CNCC(=O)O)C1. The average molecular weight is 308 g/mol. The van der Waals surface area contributed by atoms with Crippen LogP contribution in [0.4, 0.5) is 5.69 Å². The summed E-state index contributed by atoms with van der Waals surface area (Å²) in [4.78, 5) is 12.7. The van der Waals surface area contributed by atoms with E-state index in [1.807, 2.05) is 12.1 Å². The Hall–Kier alpha value is -1.77. The maximum atomic E-state index is 10.5. The van der Waals surface area contributed by atoms with Crippen LogP contribution in [0.1, 0.15) is 18.4 Å². The van der Waals surface area contributed by atoms with E-state index in [4.69, 9.17) is 16.7 Å².